The first-order valence-corrected chi connectivity index (χ1v) is 8.70. The highest BCUT2D eigenvalue weighted by Crippen LogP contribution is 2.28. The topological polar surface area (TPSA) is 45.7 Å². The Morgan fingerprint density at radius 1 is 1.33 bits per heavy atom. The third kappa shape index (κ3) is 4.76. The zero-order chi connectivity index (χ0) is 14.5. The van der Waals surface area contributed by atoms with E-state index in [-0.39, 0.29) is 12.5 Å². The van der Waals surface area contributed by atoms with Crippen molar-refractivity contribution in [1.29, 1.82) is 0 Å². The Bertz CT molecular complexity index is 448. The van der Waals surface area contributed by atoms with Gasteiger partial charge in [-0.2, -0.15) is 0 Å². The molecule has 2 fully saturated rings. The van der Waals surface area contributed by atoms with Crippen molar-refractivity contribution < 1.29 is 9.53 Å². The summed E-state index contributed by atoms with van der Waals surface area (Å²) in [5.41, 5.74) is 3.01. The lowest BCUT2D eigenvalue weighted by Crippen LogP contribution is -2.37. The first-order valence-electron chi connectivity index (χ1n) is 7.76. The van der Waals surface area contributed by atoms with E-state index in [1.807, 2.05) is 10.4 Å². The first kappa shape index (κ1) is 14.9. The molecule has 0 N–H and O–H groups in total. The molecule has 21 heavy (non-hydrogen) atoms. The number of carbonyl (C=O) groups is 1. The van der Waals surface area contributed by atoms with Gasteiger partial charge in [-0.05, 0) is 25.2 Å². The van der Waals surface area contributed by atoms with Gasteiger partial charge in [0.2, 0.25) is 5.91 Å². The van der Waals surface area contributed by atoms with Crippen LogP contribution in [0.4, 0.5) is 0 Å². The van der Waals surface area contributed by atoms with Crippen LogP contribution < -0.4 is 0 Å². The highest BCUT2D eigenvalue weighted by molar-refractivity contribution is 7.07. The molecule has 1 amide bonds. The van der Waals surface area contributed by atoms with Crippen molar-refractivity contribution in [2.45, 2.75) is 25.8 Å². The van der Waals surface area contributed by atoms with E-state index in [9.17, 15) is 4.79 Å². The highest BCUT2D eigenvalue weighted by atomic mass is 32.1. The molecule has 116 valence electrons. The van der Waals surface area contributed by atoms with Crippen molar-refractivity contribution >= 4 is 17.2 Å². The molecule has 3 rings (SSSR count). The molecule has 0 spiro atoms. The van der Waals surface area contributed by atoms with Crippen LogP contribution in [0.3, 0.4) is 0 Å². The zero-order valence-electron chi connectivity index (χ0n) is 12.4. The third-order valence-electron chi connectivity index (χ3n) is 4.09. The van der Waals surface area contributed by atoms with Crippen LogP contribution in [-0.4, -0.2) is 60.1 Å². The van der Waals surface area contributed by atoms with E-state index >= 15 is 0 Å². The summed E-state index contributed by atoms with van der Waals surface area (Å²) >= 11 is 1.64. The molecule has 5 nitrogen and oxygen atoms in total. The van der Waals surface area contributed by atoms with Crippen LogP contribution in [-0.2, 0) is 16.1 Å². The maximum Gasteiger partial charge on any atom is 0.248 e. The molecule has 1 aromatic rings. The number of hydrogen-bond donors (Lipinski definition) is 0. The van der Waals surface area contributed by atoms with Gasteiger partial charge in [-0.15, -0.1) is 11.3 Å². The molecule has 1 saturated heterocycles. The lowest BCUT2D eigenvalue weighted by atomic mass is 10.3. The van der Waals surface area contributed by atoms with Crippen LogP contribution in [0.5, 0.6) is 0 Å². The average Bonchev–Trinajstić information content (AvgIpc) is 3.21. The van der Waals surface area contributed by atoms with Crippen molar-refractivity contribution in [3.8, 4) is 0 Å². The maximum atomic E-state index is 12.1. The number of hydrogen-bond acceptors (Lipinski definition) is 5. The molecule has 0 bridgehead atoms. The monoisotopic (exact) mass is 309 g/mol. The fraction of sp³-hybridized carbons (Fsp3) is 0.733. The average molecular weight is 309 g/mol. The molecule has 0 atom stereocenters. The van der Waals surface area contributed by atoms with E-state index < -0.39 is 0 Å². The summed E-state index contributed by atoms with van der Waals surface area (Å²) in [5, 5.41) is 2.10. The van der Waals surface area contributed by atoms with Crippen LogP contribution in [0.15, 0.2) is 10.9 Å². The van der Waals surface area contributed by atoms with Gasteiger partial charge >= 0.3 is 0 Å². The van der Waals surface area contributed by atoms with E-state index in [0.29, 0.717) is 0 Å². The van der Waals surface area contributed by atoms with Crippen LogP contribution >= 0.6 is 11.3 Å². The Hall–Kier alpha value is -0.980. The molecular weight excluding hydrogens is 286 g/mol. The van der Waals surface area contributed by atoms with Gasteiger partial charge in [-0.1, -0.05) is 0 Å². The predicted octanol–water partition coefficient (Wildman–Crippen LogP) is 1.60. The Labute approximate surface area is 129 Å². The quantitative estimate of drug-likeness (QED) is 0.801. The van der Waals surface area contributed by atoms with Crippen molar-refractivity contribution in [2.75, 3.05) is 39.4 Å². The molecule has 0 aromatic carbocycles. The Kier molecular flexibility index (Phi) is 5.22. The number of aromatic nitrogens is 1. The van der Waals surface area contributed by atoms with Gasteiger partial charge in [-0.3, -0.25) is 9.69 Å². The fourth-order valence-corrected chi connectivity index (χ4v) is 3.16. The number of thiazole rings is 1. The maximum absolute atomic E-state index is 12.1. The van der Waals surface area contributed by atoms with Crippen LogP contribution in [0.25, 0.3) is 0 Å². The molecule has 0 radical (unpaired) electrons. The van der Waals surface area contributed by atoms with Crippen molar-refractivity contribution in [2.24, 2.45) is 5.92 Å². The fourth-order valence-electron chi connectivity index (χ4n) is 2.61. The van der Waals surface area contributed by atoms with E-state index in [1.165, 1.54) is 12.8 Å². The summed E-state index contributed by atoms with van der Waals surface area (Å²) in [6.07, 6.45) is 3.56. The van der Waals surface area contributed by atoms with Gasteiger partial charge in [0.15, 0.2) is 0 Å². The highest BCUT2D eigenvalue weighted by Gasteiger charge is 2.23. The number of carbonyl (C=O) groups excluding carboxylic acids is 1. The molecular formula is C15H23N3O2S. The van der Waals surface area contributed by atoms with Crippen molar-refractivity contribution in [1.82, 2.24) is 14.8 Å². The summed E-state index contributed by atoms with van der Waals surface area (Å²) in [6, 6.07) is 0. The molecule has 6 heteroatoms. The number of rotatable bonds is 6. The zero-order valence-corrected chi connectivity index (χ0v) is 13.2. The van der Waals surface area contributed by atoms with Gasteiger partial charge < -0.3 is 9.64 Å². The molecule has 2 heterocycles. The Morgan fingerprint density at radius 3 is 3.00 bits per heavy atom. The van der Waals surface area contributed by atoms with Crippen molar-refractivity contribution in [3.05, 3.63) is 16.6 Å². The minimum Gasteiger partial charge on any atom is -0.371 e. The third-order valence-corrected chi connectivity index (χ3v) is 4.72. The predicted molar refractivity (Wildman–Crippen MR) is 82.1 cm³/mol. The summed E-state index contributed by atoms with van der Waals surface area (Å²) < 4.78 is 5.51. The Balaban J connectivity index is 1.40. The molecule has 2 aliphatic rings. The SMILES string of the molecule is O=C(COCC1CC1)N1CCCN(Cc2cscn2)CC1. The van der Waals surface area contributed by atoms with E-state index in [4.69, 9.17) is 4.74 Å². The Morgan fingerprint density at radius 2 is 2.24 bits per heavy atom. The van der Waals surface area contributed by atoms with Crippen LogP contribution in [0, 0.1) is 5.92 Å². The molecule has 1 aromatic heterocycles. The second kappa shape index (κ2) is 7.33. The van der Waals surface area contributed by atoms with Crippen molar-refractivity contribution in [3.63, 3.8) is 0 Å². The normalized spacial score (nSPS) is 20.5. The van der Waals surface area contributed by atoms with E-state index in [2.05, 4.69) is 15.3 Å². The summed E-state index contributed by atoms with van der Waals surface area (Å²) in [4.78, 5) is 20.8. The second-order valence-electron chi connectivity index (χ2n) is 5.95. The van der Waals surface area contributed by atoms with Gasteiger partial charge in [0, 0.05) is 38.1 Å². The summed E-state index contributed by atoms with van der Waals surface area (Å²) in [7, 11) is 0. The van der Waals surface area contributed by atoms with Crippen LogP contribution in [0.1, 0.15) is 25.0 Å². The van der Waals surface area contributed by atoms with Crippen LogP contribution in [0.2, 0.25) is 0 Å². The lowest BCUT2D eigenvalue weighted by molar-refractivity contribution is -0.136. The van der Waals surface area contributed by atoms with Gasteiger partial charge in [-0.25, -0.2) is 4.98 Å². The molecule has 1 aliphatic heterocycles. The minimum atomic E-state index is 0.145. The van der Waals surface area contributed by atoms with Gasteiger partial charge in [0.1, 0.15) is 6.61 Å². The summed E-state index contributed by atoms with van der Waals surface area (Å²) in [6.45, 7) is 5.51. The van der Waals surface area contributed by atoms with E-state index in [1.54, 1.807) is 11.3 Å². The number of nitrogens with zero attached hydrogens (tertiary/aromatic N) is 3. The van der Waals surface area contributed by atoms with E-state index in [0.717, 1.165) is 57.4 Å². The first-order chi connectivity index (χ1) is 10.3. The summed E-state index contributed by atoms with van der Waals surface area (Å²) in [5.74, 6) is 0.863. The molecule has 0 unspecified atom stereocenters. The number of amides is 1. The largest absolute Gasteiger partial charge is 0.371 e. The number of ether oxygens (including phenoxy) is 1. The molecule has 1 saturated carbocycles. The lowest BCUT2D eigenvalue weighted by Gasteiger charge is -2.21. The molecule has 1 aliphatic carbocycles. The smallest absolute Gasteiger partial charge is 0.248 e. The van der Waals surface area contributed by atoms with Gasteiger partial charge in [0.25, 0.3) is 0 Å². The standard InChI is InChI=1S/C15H23N3O2S/c19-15(10-20-9-13-2-3-13)18-5-1-4-17(6-7-18)8-14-11-21-12-16-14/h11-13H,1-10H2. The van der Waals surface area contributed by atoms with Gasteiger partial charge in [0.05, 0.1) is 17.8 Å². The minimum absolute atomic E-state index is 0.145. The second-order valence-corrected chi connectivity index (χ2v) is 6.67.